The van der Waals surface area contributed by atoms with Crippen LogP contribution in [0.3, 0.4) is 0 Å². The van der Waals surface area contributed by atoms with Crippen LogP contribution in [-0.2, 0) is 4.79 Å². The van der Waals surface area contributed by atoms with Crippen LogP contribution in [0.15, 0.2) is 65.8 Å². The molecule has 1 aliphatic heterocycles. The predicted molar refractivity (Wildman–Crippen MR) is 92.3 cm³/mol. The summed E-state index contributed by atoms with van der Waals surface area (Å²) in [7, 11) is 0. The Morgan fingerprint density at radius 1 is 1.00 bits per heavy atom. The van der Waals surface area contributed by atoms with E-state index in [2.05, 4.69) is 17.2 Å². The molecule has 0 N–H and O–H groups in total. The summed E-state index contributed by atoms with van der Waals surface area (Å²) in [4.78, 5) is 13.3. The van der Waals surface area contributed by atoms with Gasteiger partial charge in [-0.1, -0.05) is 48.5 Å². The highest BCUT2D eigenvalue weighted by atomic mass is 16.2. The van der Waals surface area contributed by atoms with E-state index in [1.165, 1.54) is 5.01 Å². The summed E-state index contributed by atoms with van der Waals surface area (Å²) in [6.45, 7) is 1.73. The fourth-order valence-electron chi connectivity index (χ4n) is 4.08. The number of carbonyl (C=O) groups is 1. The minimum atomic E-state index is -1.43. The van der Waals surface area contributed by atoms with Gasteiger partial charge in [-0.05, 0) is 24.6 Å². The van der Waals surface area contributed by atoms with Gasteiger partial charge in [0.15, 0.2) is 5.41 Å². The van der Waals surface area contributed by atoms with E-state index >= 15 is 0 Å². The number of carbonyl (C=O) groups excluding carboxylic acids is 1. The molecule has 5 heteroatoms. The van der Waals surface area contributed by atoms with Gasteiger partial charge in [0, 0.05) is 5.92 Å². The van der Waals surface area contributed by atoms with Gasteiger partial charge in [-0.2, -0.15) is 20.6 Å². The molecule has 1 fully saturated rings. The highest BCUT2D eigenvalue weighted by Crippen LogP contribution is 2.76. The minimum absolute atomic E-state index is 0.312. The Bertz CT molecular complexity index is 954. The fraction of sp³-hybridized carbons (Fsp3) is 0.200. The normalized spacial score (nSPS) is 26.0. The molecule has 1 amide bonds. The molecular weight excluding hydrogens is 312 g/mol. The number of rotatable bonds is 2. The first kappa shape index (κ1) is 15.1. The summed E-state index contributed by atoms with van der Waals surface area (Å²) in [5, 5.41) is 25.4. The van der Waals surface area contributed by atoms with Gasteiger partial charge in [-0.3, -0.25) is 4.79 Å². The Morgan fingerprint density at radius 3 is 2.12 bits per heavy atom. The van der Waals surface area contributed by atoms with E-state index in [0.717, 1.165) is 5.56 Å². The Kier molecular flexibility index (Phi) is 3.04. The van der Waals surface area contributed by atoms with E-state index in [0.29, 0.717) is 11.4 Å². The summed E-state index contributed by atoms with van der Waals surface area (Å²) < 4.78 is 0. The van der Waals surface area contributed by atoms with Crippen LogP contribution in [0.2, 0.25) is 0 Å². The van der Waals surface area contributed by atoms with Gasteiger partial charge < -0.3 is 0 Å². The van der Waals surface area contributed by atoms with E-state index in [1.807, 2.05) is 48.5 Å². The maximum absolute atomic E-state index is 13.3. The lowest BCUT2D eigenvalue weighted by Gasteiger charge is -2.14. The number of benzene rings is 2. The van der Waals surface area contributed by atoms with Crippen molar-refractivity contribution in [3.05, 3.63) is 66.2 Å². The van der Waals surface area contributed by atoms with Gasteiger partial charge in [-0.15, -0.1) is 0 Å². The van der Waals surface area contributed by atoms with E-state index in [4.69, 9.17) is 0 Å². The first-order chi connectivity index (χ1) is 12.1. The van der Waals surface area contributed by atoms with Crippen LogP contribution in [0.1, 0.15) is 18.4 Å². The Labute approximate surface area is 145 Å². The summed E-state index contributed by atoms with van der Waals surface area (Å²) in [6, 6.07) is 22.6. The molecule has 0 saturated heterocycles. The third kappa shape index (κ3) is 1.65. The second-order valence-corrected chi connectivity index (χ2v) is 6.32. The molecule has 2 aliphatic rings. The molecule has 4 rings (SSSR count). The average Bonchev–Trinajstić information content (AvgIpc) is 3.22. The Hall–Kier alpha value is -3.44. The van der Waals surface area contributed by atoms with Gasteiger partial charge in [0.05, 0.1) is 23.5 Å². The van der Waals surface area contributed by atoms with Crippen molar-refractivity contribution in [1.82, 2.24) is 0 Å². The number of amides is 1. The lowest BCUT2D eigenvalue weighted by molar-refractivity contribution is -0.121. The zero-order chi connectivity index (χ0) is 17.7. The van der Waals surface area contributed by atoms with E-state index in [-0.39, 0.29) is 5.91 Å². The highest BCUT2D eigenvalue weighted by Gasteiger charge is 2.87. The van der Waals surface area contributed by atoms with Crippen molar-refractivity contribution in [1.29, 1.82) is 10.5 Å². The second-order valence-electron chi connectivity index (χ2n) is 6.32. The van der Waals surface area contributed by atoms with Crippen molar-refractivity contribution in [2.24, 2.45) is 15.9 Å². The number of hydrazone groups is 1. The number of hydrogen-bond donors (Lipinski definition) is 0. The molecule has 0 bridgehead atoms. The summed E-state index contributed by atoms with van der Waals surface area (Å²) in [5.74, 6) is -0.825. The maximum atomic E-state index is 13.3. The SMILES string of the molecule is CC1=NN(c2ccccc2)C(=O)[C@@]12[C@@H](c1ccccc1)C2(C#N)C#N. The smallest absolute Gasteiger partial charge is 0.262 e. The molecule has 0 unspecified atom stereocenters. The Balaban J connectivity index is 1.87. The number of anilines is 1. The first-order valence-corrected chi connectivity index (χ1v) is 7.96. The lowest BCUT2D eigenvalue weighted by atomic mass is 9.90. The van der Waals surface area contributed by atoms with Gasteiger partial charge >= 0.3 is 0 Å². The van der Waals surface area contributed by atoms with Crippen LogP contribution in [0.25, 0.3) is 0 Å². The molecule has 0 aromatic heterocycles. The first-order valence-electron chi connectivity index (χ1n) is 7.96. The van der Waals surface area contributed by atoms with Crippen molar-refractivity contribution in [3.63, 3.8) is 0 Å². The standard InChI is InChI=1S/C20H14N4O/c1-14-20(18(25)24(23-14)16-10-6-3-7-11-16)17(19(20,12-21)13-22)15-8-4-2-5-9-15/h2-11,17H,1H3/t17-,20-/m0/s1. The van der Waals surface area contributed by atoms with Gasteiger partial charge in [0.25, 0.3) is 5.91 Å². The number of nitrogens with zero attached hydrogens (tertiary/aromatic N) is 4. The molecule has 2 aromatic rings. The van der Waals surface area contributed by atoms with Crippen molar-refractivity contribution >= 4 is 17.3 Å². The fourth-order valence-corrected chi connectivity index (χ4v) is 4.08. The average molecular weight is 326 g/mol. The van der Waals surface area contributed by atoms with Crippen LogP contribution in [0.5, 0.6) is 0 Å². The van der Waals surface area contributed by atoms with Gasteiger partial charge in [-0.25, -0.2) is 0 Å². The quantitative estimate of drug-likeness (QED) is 0.849. The van der Waals surface area contributed by atoms with Crippen LogP contribution in [-0.4, -0.2) is 11.6 Å². The van der Waals surface area contributed by atoms with E-state index < -0.39 is 16.7 Å². The summed E-state index contributed by atoms with van der Waals surface area (Å²) in [5.41, 5.74) is -0.690. The molecular formula is C20H14N4O. The molecule has 2 atom stereocenters. The monoisotopic (exact) mass is 326 g/mol. The van der Waals surface area contributed by atoms with Crippen molar-refractivity contribution in [2.45, 2.75) is 12.8 Å². The van der Waals surface area contributed by atoms with Crippen LogP contribution in [0.4, 0.5) is 5.69 Å². The molecule has 120 valence electrons. The molecule has 1 heterocycles. The summed E-state index contributed by atoms with van der Waals surface area (Å²) in [6.07, 6.45) is 0. The Morgan fingerprint density at radius 2 is 1.56 bits per heavy atom. The molecule has 5 nitrogen and oxygen atoms in total. The number of nitriles is 2. The van der Waals surface area contributed by atoms with Crippen molar-refractivity contribution in [3.8, 4) is 12.1 Å². The van der Waals surface area contributed by atoms with E-state index in [9.17, 15) is 15.3 Å². The molecule has 1 spiro atoms. The molecule has 25 heavy (non-hydrogen) atoms. The zero-order valence-corrected chi connectivity index (χ0v) is 13.5. The van der Waals surface area contributed by atoms with Crippen LogP contribution < -0.4 is 5.01 Å². The molecule has 0 radical (unpaired) electrons. The van der Waals surface area contributed by atoms with Crippen LogP contribution in [0, 0.1) is 33.5 Å². The molecule has 1 aliphatic carbocycles. The highest BCUT2D eigenvalue weighted by molar-refractivity contribution is 6.24. The minimum Gasteiger partial charge on any atom is -0.271 e. The third-order valence-corrected chi connectivity index (χ3v) is 5.24. The van der Waals surface area contributed by atoms with Gasteiger partial charge in [0.2, 0.25) is 0 Å². The second kappa shape index (κ2) is 5.03. The van der Waals surface area contributed by atoms with E-state index in [1.54, 1.807) is 19.1 Å². The largest absolute Gasteiger partial charge is 0.271 e. The van der Waals surface area contributed by atoms with Crippen molar-refractivity contribution in [2.75, 3.05) is 5.01 Å². The number of para-hydroxylation sites is 1. The zero-order valence-electron chi connectivity index (χ0n) is 13.5. The van der Waals surface area contributed by atoms with Gasteiger partial charge in [0.1, 0.15) is 5.41 Å². The lowest BCUT2D eigenvalue weighted by Crippen LogP contribution is -2.32. The van der Waals surface area contributed by atoms with Crippen LogP contribution >= 0.6 is 0 Å². The summed E-state index contributed by atoms with van der Waals surface area (Å²) >= 11 is 0. The maximum Gasteiger partial charge on any atom is 0.262 e. The van der Waals surface area contributed by atoms with Crippen molar-refractivity contribution < 1.29 is 4.79 Å². The third-order valence-electron chi connectivity index (χ3n) is 5.24. The predicted octanol–water partition coefficient (Wildman–Crippen LogP) is 3.23. The topological polar surface area (TPSA) is 80.2 Å². The number of hydrogen-bond acceptors (Lipinski definition) is 4. The molecule has 1 saturated carbocycles. The molecule has 2 aromatic carbocycles.